The van der Waals surface area contributed by atoms with Crippen LogP contribution in [0.2, 0.25) is 0 Å². The second-order valence-corrected chi connectivity index (χ2v) is 6.80. The predicted molar refractivity (Wildman–Crippen MR) is 116 cm³/mol. The molecule has 0 atom stereocenters. The number of nitrogens with zero attached hydrogens (tertiary/aromatic N) is 1. The van der Waals surface area contributed by atoms with E-state index < -0.39 is 11.5 Å². The van der Waals surface area contributed by atoms with Gasteiger partial charge in [-0.15, -0.1) is 0 Å². The highest BCUT2D eigenvalue weighted by atomic mass is 16.5. The van der Waals surface area contributed by atoms with Crippen LogP contribution in [0.1, 0.15) is 15.9 Å². The molecule has 30 heavy (non-hydrogen) atoms. The van der Waals surface area contributed by atoms with Crippen molar-refractivity contribution in [2.24, 2.45) is 0 Å². The molecule has 6 nitrogen and oxygen atoms in total. The van der Waals surface area contributed by atoms with Crippen LogP contribution in [0.4, 0.5) is 5.69 Å². The zero-order valence-electron chi connectivity index (χ0n) is 16.3. The zero-order chi connectivity index (χ0) is 21.1. The summed E-state index contributed by atoms with van der Waals surface area (Å²) < 4.78 is 6.62. The molecule has 2 N–H and O–H groups in total. The molecule has 0 unspecified atom stereocenters. The van der Waals surface area contributed by atoms with Crippen LogP contribution in [-0.2, 0) is 6.54 Å². The van der Waals surface area contributed by atoms with Gasteiger partial charge in [-0.05, 0) is 42.0 Å². The van der Waals surface area contributed by atoms with Gasteiger partial charge in [-0.2, -0.15) is 0 Å². The molecule has 0 bridgehead atoms. The first-order chi connectivity index (χ1) is 14.6. The number of para-hydroxylation sites is 1. The molecule has 4 rings (SSSR count). The zero-order valence-corrected chi connectivity index (χ0v) is 16.3. The Labute approximate surface area is 173 Å². The second-order valence-electron chi connectivity index (χ2n) is 6.80. The van der Waals surface area contributed by atoms with Crippen molar-refractivity contribution < 1.29 is 14.6 Å². The summed E-state index contributed by atoms with van der Waals surface area (Å²) in [5.41, 5.74) is 1.12. The van der Waals surface area contributed by atoms with Gasteiger partial charge in [0.2, 0.25) is 0 Å². The number of hydrogen-bond donors (Lipinski definition) is 2. The monoisotopic (exact) mass is 400 g/mol. The molecule has 1 amide bonds. The number of fused-ring (bicyclic) bond motifs is 1. The minimum atomic E-state index is -0.671. The van der Waals surface area contributed by atoms with Gasteiger partial charge in [0, 0.05) is 11.1 Å². The summed E-state index contributed by atoms with van der Waals surface area (Å²) >= 11 is 0. The molecule has 1 heterocycles. The number of aromatic hydroxyl groups is 1. The second kappa shape index (κ2) is 8.13. The molecule has 0 aliphatic carbocycles. The Kier molecular flexibility index (Phi) is 5.22. The fraction of sp³-hybridized carbons (Fsp3) is 0.0833. The van der Waals surface area contributed by atoms with E-state index >= 15 is 0 Å². The first-order valence-electron chi connectivity index (χ1n) is 9.42. The Morgan fingerprint density at radius 1 is 0.967 bits per heavy atom. The summed E-state index contributed by atoms with van der Waals surface area (Å²) in [6.07, 6.45) is 0. The maximum Gasteiger partial charge on any atom is 0.268 e. The Bertz CT molecular complexity index is 1260. The molecular weight excluding hydrogens is 380 g/mol. The highest BCUT2D eigenvalue weighted by Gasteiger charge is 2.22. The predicted octanol–water partition coefficient (Wildman–Crippen LogP) is 4.02. The number of anilines is 1. The SMILES string of the molecule is COc1ccc(NC(=O)c2c(O)c3ccccc3n(Cc3ccccc3)c2=O)cc1. The standard InChI is InChI=1S/C24H20N2O4/c1-30-18-13-11-17(12-14-18)25-23(28)21-22(27)19-9-5-6-10-20(19)26(24(21)29)15-16-7-3-2-4-8-16/h2-14,27H,15H2,1H3,(H,25,28). The number of hydrogen-bond acceptors (Lipinski definition) is 4. The maximum absolute atomic E-state index is 13.3. The third kappa shape index (κ3) is 3.63. The van der Waals surface area contributed by atoms with Crippen LogP contribution in [-0.4, -0.2) is 22.7 Å². The highest BCUT2D eigenvalue weighted by molar-refractivity contribution is 6.09. The number of aromatic nitrogens is 1. The molecule has 0 fully saturated rings. The third-order valence-corrected chi connectivity index (χ3v) is 4.90. The lowest BCUT2D eigenvalue weighted by Crippen LogP contribution is -2.30. The van der Waals surface area contributed by atoms with Crippen molar-refractivity contribution in [2.75, 3.05) is 12.4 Å². The molecule has 0 aliphatic heterocycles. The number of carbonyl (C=O) groups excluding carboxylic acids is 1. The van der Waals surface area contributed by atoms with Gasteiger partial charge in [-0.3, -0.25) is 9.59 Å². The molecule has 0 saturated carbocycles. The fourth-order valence-corrected chi connectivity index (χ4v) is 3.39. The fourth-order valence-electron chi connectivity index (χ4n) is 3.39. The molecular formula is C24H20N2O4. The van der Waals surface area contributed by atoms with Crippen molar-refractivity contribution in [1.82, 2.24) is 4.57 Å². The van der Waals surface area contributed by atoms with Gasteiger partial charge in [0.25, 0.3) is 11.5 Å². The van der Waals surface area contributed by atoms with Crippen molar-refractivity contribution >= 4 is 22.5 Å². The molecule has 3 aromatic carbocycles. The number of rotatable bonds is 5. The summed E-state index contributed by atoms with van der Waals surface area (Å²) in [5.74, 6) is -0.354. The molecule has 1 aromatic heterocycles. The van der Waals surface area contributed by atoms with Crippen molar-refractivity contribution in [3.05, 3.63) is 100 Å². The van der Waals surface area contributed by atoms with Gasteiger partial charge in [0.15, 0.2) is 0 Å². The van der Waals surface area contributed by atoms with Gasteiger partial charge < -0.3 is 19.7 Å². The Morgan fingerprint density at radius 3 is 2.33 bits per heavy atom. The summed E-state index contributed by atoms with van der Waals surface area (Å²) in [6.45, 7) is 0.281. The summed E-state index contributed by atoms with van der Waals surface area (Å²) in [5, 5.41) is 13.9. The third-order valence-electron chi connectivity index (χ3n) is 4.90. The van der Waals surface area contributed by atoms with Crippen LogP contribution in [0.15, 0.2) is 83.7 Å². The van der Waals surface area contributed by atoms with Crippen LogP contribution >= 0.6 is 0 Å². The van der Waals surface area contributed by atoms with E-state index in [2.05, 4.69) is 5.32 Å². The van der Waals surface area contributed by atoms with Crippen molar-refractivity contribution in [3.63, 3.8) is 0 Å². The van der Waals surface area contributed by atoms with E-state index in [0.29, 0.717) is 22.3 Å². The van der Waals surface area contributed by atoms with Crippen molar-refractivity contribution in [1.29, 1.82) is 0 Å². The van der Waals surface area contributed by atoms with E-state index in [0.717, 1.165) is 5.56 Å². The quantitative estimate of drug-likeness (QED) is 0.530. The van der Waals surface area contributed by atoms with E-state index in [9.17, 15) is 14.7 Å². The molecule has 150 valence electrons. The Balaban J connectivity index is 1.80. The van der Waals surface area contributed by atoms with E-state index in [1.54, 1.807) is 55.6 Å². The summed E-state index contributed by atoms with van der Waals surface area (Å²) in [7, 11) is 1.55. The van der Waals surface area contributed by atoms with Gasteiger partial charge in [-0.1, -0.05) is 42.5 Å². The molecule has 0 aliphatic rings. The topological polar surface area (TPSA) is 80.6 Å². The summed E-state index contributed by atoms with van der Waals surface area (Å²) in [6, 6.07) is 23.2. The van der Waals surface area contributed by atoms with Crippen LogP contribution < -0.4 is 15.6 Å². The van der Waals surface area contributed by atoms with Crippen LogP contribution in [0, 0.1) is 0 Å². The molecule has 0 saturated heterocycles. The van der Waals surface area contributed by atoms with E-state index in [1.165, 1.54) is 4.57 Å². The average Bonchev–Trinajstić information content (AvgIpc) is 2.78. The van der Waals surface area contributed by atoms with Crippen LogP contribution in [0.3, 0.4) is 0 Å². The Morgan fingerprint density at radius 2 is 1.63 bits per heavy atom. The van der Waals surface area contributed by atoms with Crippen molar-refractivity contribution in [3.8, 4) is 11.5 Å². The number of amides is 1. The minimum absolute atomic E-state index is 0.281. The lowest BCUT2D eigenvalue weighted by molar-refractivity contribution is 0.102. The van der Waals surface area contributed by atoms with Gasteiger partial charge in [-0.25, -0.2) is 0 Å². The number of carbonyl (C=O) groups is 1. The minimum Gasteiger partial charge on any atom is -0.506 e. The summed E-state index contributed by atoms with van der Waals surface area (Å²) in [4.78, 5) is 26.2. The van der Waals surface area contributed by atoms with Crippen molar-refractivity contribution in [2.45, 2.75) is 6.54 Å². The maximum atomic E-state index is 13.3. The normalized spacial score (nSPS) is 10.7. The van der Waals surface area contributed by atoms with Gasteiger partial charge >= 0.3 is 0 Å². The number of methoxy groups -OCH3 is 1. The van der Waals surface area contributed by atoms with E-state index in [1.807, 2.05) is 30.3 Å². The molecule has 6 heteroatoms. The van der Waals surface area contributed by atoms with Crippen LogP contribution in [0.5, 0.6) is 11.5 Å². The van der Waals surface area contributed by atoms with Gasteiger partial charge in [0.05, 0.1) is 19.2 Å². The number of nitrogens with one attached hydrogen (secondary N) is 1. The number of pyridine rings is 1. The molecule has 0 spiro atoms. The number of ether oxygens (including phenoxy) is 1. The Hall–Kier alpha value is -4.06. The average molecular weight is 400 g/mol. The number of benzene rings is 3. The molecule has 0 radical (unpaired) electrons. The smallest absolute Gasteiger partial charge is 0.268 e. The largest absolute Gasteiger partial charge is 0.506 e. The molecule has 4 aromatic rings. The first kappa shape index (κ1) is 19.3. The highest BCUT2D eigenvalue weighted by Crippen LogP contribution is 2.27. The van der Waals surface area contributed by atoms with E-state index in [4.69, 9.17) is 4.74 Å². The lowest BCUT2D eigenvalue weighted by atomic mass is 10.1. The lowest BCUT2D eigenvalue weighted by Gasteiger charge is -2.15. The van der Waals surface area contributed by atoms with Gasteiger partial charge in [0.1, 0.15) is 17.1 Å². The van der Waals surface area contributed by atoms with Crippen LogP contribution in [0.25, 0.3) is 10.9 Å². The van der Waals surface area contributed by atoms with E-state index in [-0.39, 0.29) is 17.9 Å². The first-order valence-corrected chi connectivity index (χ1v) is 9.42.